The Balaban J connectivity index is 1.47. The Labute approximate surface area is 189 Å². The number of benzene rings is 2. The van der Waals surface area contributed by atoms with Gasteiger partial charge in [0.25, 0.3) is 5.91 Å². The average Bonchev–Trinajstić information content (AvgIpc) is 3.37. The Morgan fingerprint density at radius 3 is 2.61 bits per heavy atom. The predicted molar refractivity (Wildman–Crippen MR) is 110 cm³/mol. The van der Waals surface area contributed by atoms with Crippen LogP contribution in [0.4, 0.5) is 29.1 Å². The van der Waals surface area contributed by atoms with Gasteiger partial charge in [0.15, 0.2) is 23.2 Å². The molecule has 0 fully saturated rings. The molecule has 0 bridgehead atoms. The first-order chi connectivity index (χ1) is 15.7. The van der Waals surface area contributed by atoms with E-state index < -0.39 is 36.4 Å². The number of ether oxygens (including phenoxy) is 2. The van der Waals surface area contributed by atoms with Gasteiger partial charge in [0, 0.05) is 18.2 Å². The fraction of sp³-hybridized carbons (Fsp3) is 0.238. The molecule has 172 valence electrons. The molecular formula is C21H15ClF4N4O3. The van der Waals surface area contributed by atoms with Gasteiger partial charge in [-0.05, 0) is 29.8 Å². The molecule has 0 unspecified atom stereocenters. The van der Waals surface area contributed by atoms with Crippen LogP contribution in [0.3, 0.4) is 0 Å². The van der Waals surface area contributed by atoms with Gasteiger partial charge in [-0.3, -0.25) is 4.79 Å². The molecule has 12 heteroatoms. The molecule has 2 aliphatic heterocycles. The summed E-state index contributed by atoms with van der Waals surface area (Å²) in [5.74, 6) is -0.513. The number of halogens is 5. The maximum atomic E-state index is 13.9. The highest BCUT2D eigenvalue weighted by molar-refractivity contribution is 6.36. The summed E-state index contributed by atoms with van der Waals surface area (Å²) in [5, 5.41) is 9.09. The van der Waals surface area contributed by atoms with Gasteiger partial charge in [-0.15, -0.1) is 0 Å². The summed E-state index contributed by atoms with van der Waals surface area (Å²) in [6, 6.07) is 6.93. The van der Waals surface area contributed by atoms with E-state index in [0.717, 1.165) is 12.1 Å². The van der Waals surface area contributed by atoms with Crippen molar-refractivity contribution in [1.29, 1.82) is 0 Å². The minimum Gasteiger partial charge on any atom is -0.454 e. The minimum atomic E-state index is -4.66. The van der Waals surface area contributed by atoms with Gasteiger partial charge in [-0.1, -0.05) is 23.7 Å². The van der Waals surface area contributed by atoms with Crippen LogP contribution in [0.15, 0.2) is 42.5 Å². The van der Waals surface area contributed by atoms with Gasteiger partial charge in [0.1, 0.15) is 16.7 Å². The van der Waals surface area contributed by atoms with Crippen LogP contribution < -0.4 is 20.1 Å². The summed E-state index contributed by atoms with van der Waals surface area (Å²) >= 11 is 6.31. The molecule has 33 heavy (non-hydrogen) atoms. The van der Waals surface area contributed by atoms with Crippen molar-refractivity contribution in [3.05, 3.63) is 64.6 Å². The van der Waals surface area contributed by atoms with Crippen molar-refractivity contribution < 1.29 is 31.8 Å². The molecule has 3 aromatic rings. The largest absolute Gasteiger partial charge is 0.454 e. The first-order valence-corrected chi connectivity index (χ1v) is 10.2. The standard InChI is InChI=1S/C21H15ClF4N4O3/c22-17-18(20(31)27-12-5-6-14-15(7-12)33-9-32-14)29-30-16(21(24,25)26)8-13(28-19(17)30)10-1-3-11(23)4-2-10/h1-7,13,16,28H,8-9H2,(H,27,31)/t13-,16+/m1/s1. The fourth-order valence-corrected chi connectivity index (χ4v) is 4.08. The third-order valence-electron chi connectivity index (χ3n) is 5.41. The number of carbonyl (C=O) groups excluding carboxylic acids is 1. The van der Waals surface area contributed by atoms with Crippen molar-refractivity contribution in [2.45, 2.75) is 24.7 Å². The number of fused-ring (bicyclic) bond motifs is 2. The molecule has 0 saturated carbocycles. The van der Waals surface area contributed by atoms with Crippen LogP contribution in [0.25, 0.3) is 0 Å². The zero-order valence-electron chi connectivity index (χ0n) is 16.6. The molecule has 7 nitrogen and oxygen atoms in total. The topological polar surface area (TPSA) is 77.4 Å². The number of rotatable bonds is 3. The molecule has 5 rings (SSSR count). The molecule has 0 saturated heterocycles. The van der Waals surface area contributed by atoms with Crippen molar-refractivity contribution >= 4 is 29.0 Å². The molecule has 1 aromatic heterocycles. The van der Waals surface area contributed by atoms with E-state index in [9.17, 15) is 22.4 Å². The number of alkyl halides is 3. The molecular weight excluding hydrogens is 468 g/mol. The smallest absolute Gasteiger partial charge is 0.410 e. The number of aromatic nitrogens is 2. The quantitative estimate of drug-likeness (QED) is 0.494. The summed E-state index contributed by atoms with van der Waals surface area (Å²) in [5.41, 5.74) is 0.405. The Morgan fingerprint density at radius 2 is 1.88 bits per heavy atom. The summed E-state index contributed by atoms with van der Waals surface area (Å²) in [6.45, 7) is 0.0477. The third kappa shape index (κ3) is 3.92. The monoisotopic (exact) mass is 482 g/mol. The van der Waals surface area contributed by atoms with Crippen LogP contribution in [-0.2, 0) is 0 Å². The third-order valence-corrected chi connectivity index (χ3v) is 5.77. The lowest BCUT2D eigenvalue weighted by molar-refractivity contribution is -0.173. The van der Waals surface area contributed by atoms with Gasteiger partial charge >= 0.3 is 6.18 Å². The van der Waals surface area contributed by atoms with Crippen molar-refractivity contribution in [2.24, 2.45) is 0 Å². The maximum absolute atomic E-state index is 13.9. The van der Waals surface area contributed by atoms with Crippen molar-refractivity contribution in [1.82, 2.24) is 9.78 Å². The van der Waals surface area contributed by atoms with Gasteiger partial charge in [-0.25, -0.2) is 9.07 Å². The Hall–Kier alpha value is -3.47. The summed E-state index contributed by atoms with van der Waals surface area (Å²) in [6.07, 6.45) is -5.07. The lowest BCUT2D eigenvalue weighted by Crippen LogP contribution is -2.35. The predicted octanol–water partition coefficient (Wildman–Crippen LogP) is 5.32. The molecule has 2 N–H and O–H groups in total. The highest BCUT2D eigenvalue weighted by atomic mass is 35.5. The highest BCUT2D eigenvalue weighted by Gasteiger charge is 2.47. The highest BCUT2D eigenvalue weighted by Crippen LogP contribution is 2.46. The van der Waals surface area contributed by atoms with E-state index in [2.05, 4.69) is 15.7 Å². The van der Waals surface area contributed by atoms with Crippen LogP contribution in [0.2, 0.25) is 5.02 Å². The SMILES string of the molecule is O=C(Nc1ccc2c(c1)OCO2)c1nn2c(c1Cl)N[C@@H](c1ccc(F)cc1)C[C@H]2C(F)(F)F. The van der Waals surface area contributed by atoms with Crippen molar-refractivity contribution in [3.63, 3.8) is 0 Å². The average molecular weight is 483 g/mol. The first-order valence-electron chi connectivity index (χ1n) is 9.78. The second kappa shape index (κ2) is 7.84. The molecule has 2 aliphatic rings. The molecule has 1 amide bonds. The summed E-state index contributed by atoms with van der Waals surface area (Å²) < 4.78 is 66.0. The molecule has 3 heterocycles. The van der Waals surface area contributed by atoms with E-state index in [-0.39, 0.29) is 23.3 Å². The van der Waals surface area contributed by atoms with E-state index in [1.54, 1.807) is 12.1 Å². The van der Waals surface area contributed by atoms with E-state index in [0.29, 0.717) is 27.4 Å². The van der Waals surface area contributed by atoms with E-state index >= 15 is 0 Å². The maximum Gasteiger partial charge on any atom is 0.410 e. The van der Waals surface area contributed by atoms with Gasteiger partial charge in [0.05, 0.1) is 6.04 Å². The van der Waals surface area contributed by atoms with E-state index in [1.165, 1.54) is 18.2 Å². The second-order valence-corrected chi connectivity index (χ2v) is 7.90. The van der Waals surface area contributed by atoms with Crippen LogP contribution in [0.5, 0.6) is 11.5 Å². The van der Waals surface area contributed by atoms with Crippen LogP contribution in [0.1, 0.15) is 34.6 Å². The Morgan fingerprint density at radius 1 is 1.15 bits per heavy atom. The van der Waals surface area contributed by atoms with Gasteiger partial charge in [0.2, 0.25) is 6.79 Å². The second-order valence-electron chi connectivity index (χ2n) is 7.52. The molecule has 2 aromatic carbocycles. The number of nitrogens with zero attached hydrogens (tertiary/aromatic N) is 2. The summed E-state index contributed by atoms with van der Waals surface area (Å²) in [4.78, 5) is 12.8. The number of nitrogens with one attached hydrogen (secondary N) is 2. The Kier molecular flexibility index (Phi) is 5.08. The van der Waals surface area contributed by atoms with Gasteiger partial charge in [-0.2, -0.15) is 18.3 Å². The first kappa shape index (κ1) is 21.4. The normalized spacial score (nSPS) is 19.1. The van der Waals surface area contributed by atoms with Crippen LogP contribution in [-0.4, -0.2) is 28.7 Å². The van der Waals surface area contributed by atoms with Crippen molar-refractivity contribution in [2.75, 3.05) is 17.4 Å². The summed E-state index contributed by atoms with van der Waals surface area (Å²) in [7, 11) is 0. The zero-order valence-corrected chi connectivity index (χ0v) is 17.4. The number of anilines is 2. The molecule has 2 atom stereocenters. The van der Waals surface area contributed by atoms with E-state index in [1.807, 2.05) is 0 Å². The molecule has 0 aliphatic carbocycles. The zero-order chi connectivity index (χ0) is 23.3. The number of carbonyl (C=O) groups is 1. The molecule has 0 radical (unpaired) electrons. The van der Waals surface area contributed by atoms with Crippen molar-refractivity contribution in [3.8, 4) is 11.5 Å². The number of hydrogen-bond acceptors (Lipinski definition) is 5. The number of amides is 1. The fourth-order valence-electron chi connectivity index (χ4n) is 3.81. The Bertz CT molecular complexity index is 1230. The lowest BCUT2D eigenvalue weighted by atomic mass is 9.97. The lowest BCUT2D eigenvalue weighted by Gasteiger charge is -2.33. The van der Waals surface area contributed by atoms with Crippen LogP contribution in [0, 0.1) is 5.82 Å². The van der Waals surface area contributed by atoms with Crippen LogP contribution >= 0.6 is 11.6 Å². The van der Waals surface area contributed by atoms with E-state index in [4.69, 9.17) is 21.1 Å². The molecule has 0 spiro atoms. The van der Waals surface area contributed by atoms with Gasteiger partial charge < -0.3 is 20.1 Å². The minimum absolute atomic E-state index is 0.0477. The number of hydrogen-bond donors (Lipinski definition) is 2.